The highest BCUT2D eigenvalue weighted by Crippen LogP contribution is 2.27. The van der Waals surface area contributed by atoms with Crippen LogP contribution in [0.4, 0.5) is 4.79 Å². The first kappa shape index (κ1) is 22.7. The Bertz CT molecular complexity index is 754. The zero-order valence-electron chi connectivity index (χ0n) is 17.8. The third-order valence-corrected chi connectivity index (χ3v) is 6.73. The highest BCUT2D eigenvalue weighted by atomic mass is 32.2. The molecule has 0 spiro atoms. The minimum atomic E-state index is -3.04. The lowest BCUT2D eigenvalue weighted by atomic mass is 10.0. The molecule has 6 nitrogen and oxygen atoms in total. The number of rotatable bonds is 6. The lowest BCUT2D eigenvalue weighted by Gasteiger charge is -2.42. The Labute approximate surface area is 169 Å². The summed E-state index contributed by atoms with van der Waals surface area (Å²) in [5, 5.41) is 0. The average molecular weight is 411 g/mol. The smallest absolute Gasteiger partial charge is 0.410 e. The van der Waals surface area contributed by atoms with Gasteiger partial charge < -0.3 is 9.64 Å². The van der Waals surface area contributed by atoms with E-state index in [1.54, 1.807) is 11.8 Å². The van der Waals surface area contributed by atoms with E-state index in [2.05, 4.69) is 36.1 Å². The molecule has 1 aliphatic heterocycles. The molecular weight excluding hydrogens is 376 g/mol. The van der Waals surface area contributed by atoms with E-state index in [1.165, 1.54) is 5.56 Å². The molecule has 1 atom stereocenters. The predicted molar refractivity (Wildman–Crippen MR) is 112 cm³/mol. The van der Waals surface area contributed by atoms with Crippen LogP contribution in [0.15, 0.2) is 24.3 Å². The second-order valence-corrected chi connectivity index (χ2v) is 10.8. The molecule has 0 N–H and O–H groups in total. The van der Waals surface area contributed by atoms with Crippen molar-refractivity contribution in [3.05, 3.63) is 35.4 Å². The molecule has 0 bridgehead atoms. The Morgan fingerprint density at radius 3 is 2.32 bits per heavy atom. The molecule has 0 aliphatic carbocycles. The number of piperazine rings is 1. The summed E-state index contributed by atoms with van der Waals surface area (Å²) in [5.74, 6) is 0.292. The molecule has 0 radical (unpaired) electrons. The van der Waals surface area contributed by atoms with Crippen LogP contribution in [-0.4, -0.2) is 67.6 Å². The van der Waals surface area contributed by atoms with Gasteiger partial charge in [0.2, 0.25) is 0 Å². The summed E-state index contributed by atoms with van der Waals surface area (Å²) in [7, 11) is -3.04. The van der Waals surface area contributed by atoms with Crippen molar-refractivity contribution in [2.45, 2.75) is 52.7 Å². The molecule has 1 saturated heterocycles. The predicted octanol–water partition coefficient (Wildman–Crippen LogP) is 3.28. The maximum Gasteiger partial charge on any atom is 0.410 e. The number of carbonyl (C=O) groups excluding carboxylic acids is 1. The SMILES string of the molecule is CCc1ccc([C@@H]2CN(C(=O)OC(C)(C)C)CCN2CCS(=O)(=O)CC)cc1. The zero-order chi connectivity index (χ0) is 20.9. The Morgan fingerprint density at radius 1 is 1.14 bits per heavy atom. The lowest BCUT2D eigenvalue weighted by Crippen LogP contribution is -2.52. The molecule has 28 heavy (non-hydrogen) atoms. The van der Waals surface area contributed by atoms with Crippen molar-refractivity contribution < 1.29 is 17.9 Å². The highest BCUT2D eigenvalue weighted by Gasteiger charge is 2.33. The fraction of sp³-hybridized carbons (Fsp3) is 0.667. The first-order valence-electron chi connectivity index (χ1n) is 10.1. The van der Waals surface area contributed by atoms with Crippen LogP contribution >= 0.6 is 0 Å². The summed E-state index contributed by atoms with van der Waals surface area (Å²) in [5.41, 5.74) is 1.81. The monoisotopic (exact) mass is 410 g/mol. The van der Waals surface area contributed by atoms with Crippen molar-refractivity contribution in [2.24, 2.45) is 0 Å². The third-order valence-electron chi connectivity index (χ3n) is 5.04. The third kappa shape index (κ3) is 6.48. The zero-order valence-corrected chi connectivity index (χ0v) is 18.6. The molecule has 1 heterocycles. The number of ether oxygens (including phenoxy) is 1. The number of hydrogen-bond acceptors (Lipinski definition) is 5. The van der Waals surface area contributed by atoms with E-state index < -0.39 is 15.4 Å². The van der Waals surface area contributed by atoms with Crippen LogP contribution in [0.3, 0.4) is 0 Å². The number of aryl methyl sites for hydroxylation is 1. The summed E-state index contributed by atoms with van der Waals surface area (Å²) in [6.07, 6.45) is 0.650. The molecule has 1 aromatic carbocycles. The Balaban J connectivity index is 2.19. The van der Waals surface area contributed by atoms with Gasteiger partial charge in [0.05, 0.1) is 11.8 Å². The van der Waals surface area contributed by atoms with Gasteiger partial charge in [-0.05, 0) is 38.3 Å². The molecule has 0 saturated carbocycles. The number of hydrogen-bond donors (Lipinski definition) is 0. The summed E-state index contributed by atoms with van der Waals surface area (Å²) in [4.78, 5) is 16.5. The highest BCUT2D eigenvalue weighted by molar-refractivity contribution is 7.91. The maximum atomic E-state index is 12.6. The van der Waals surface area contributed by atoms with E-state index in [9.17, 15) is 13.2 Å². The summed E-state index contributed by atoms with van der Waals surface area (Å²) in [6, 6.07) is 8.33. The largest absolute Gasteiger partial charge is 0.444 e. The van der Waals surface area contributed by atoms with Crippen molar-refractivity contribution >= 4 is 15.9 Å². The summed E-state index contributed by atoms with van der Waals surface area (Å²) < 4.78 is 29.5. The van der Waals surface area contributed by atoms with E-state index in [0.717, 1.165) is 12.0 Å². The van der Waals surface area contributed by atoms with E-state index in [0.29, 0.717) is 26.2 Å². The Hall–Kier alpha value is -1.60. The van der Waals surface area contributed by atoms with Gasteiger partial charge in [-0.3, -0.25) is 4.90 Å². The minimum Gasteiger partial charge on any atom is -0.444 e. The molecule has 2 rings (SSSR count). The fourth-order valence-corrected chi connectivity index (χ4v) is 4.07. The van der Waals surface area contributed by atoms with Crippen LogP contribution in [0, 0.1) is 0 Å². The quantitative estimate of drug-likeness (QED) is 0.720. The molecule has 1 aromatic rings. The van der Waals surface area contributed by atoms with Crippen molar-refractivity contribution in [1.29, 1.82) is 0 Å². The van der Waals surface area contributed by atoms with E-state index >= 15 is 0 Å². The van der Waals surface area contributed by atoms with Gasteiger partial charge in [0, 0.05) is 31.9 Å². The minimum absolute atomic E-state index is 0.0424. The topological polar surface area (TPSA) is 66.9 Å². The Kier molecular flexibility index (Phi) is 7.51. The Morgan fingerprint density at radius 2 is 1.79 bits per heavy atom. The van der Waals surface area contributed by atoms with E-state index in [4.69, 9.17) is 4.74 Å². The fourth-order valence-electron chi connectivity index (χ4n) is 3.27. The van der Waals surface area contributed by atoms with Crippen molar-refractivity contribution in [2.75, 3.05) is 37.7 Å². The number of carbonyl (C=O) groups is 1. The number of amides is 1. The van der Waals surface area contributed by atoms with Gasteiger partial charge in [-0.15, -0.1) is 0 Å². The second-order valence-electron chi connectivity index (χ2n) is 8.31. The van der Waals surface area contributed by atoms with Crippen LogP contribution in [0.1, 0.15) is 51.8 Å². The molecule has 0 unspecified atom stereocenters. The van der Waals surface area contributed by atoms with Crippen LogP contribution in [0.2, 0.25) is 0 Å². The van der Waals surface area contributed by atoms with Crippen molar-refractivity contribution in [1.82, 2.24) is 9.80 Å². The molecule has 158 valence electrons. The molecule has 0 aromatic heterocycles. The summed E-state index contributed by atoms with van der Waals surface area (Å²) >= 11 is 0. The lowest BCUT2D eigenvalue weighted by molar-refractivity contribution is 0.00438. The van der Waals surface area contributed by atoms with E-state index in [1.807, 2.05) is 20.8 Å². The van der Waals surface area contributed by atoms with Gasteiger partial charge in [-0.2, -0.15) is 0 Å². The number of sulfone groups is 1. The van der Waals surface area contributed by atoms with Gasteiger partial charge in [0.15, 0.2) is 9.84 Å². The first-order valence-corrected chi connectivity index (χ1v) is 11.9. The van der Waals surface area contributed by atoms with Crippen molar-refractivity contribution in [3.63, 3.8) is 0 Å². The van der Waals surface area contributed by atoms with Crippen LogP contribution in [0.5, 0.6) is 0 Å². The molecule has 1 amide bonds. The standard InChI is InChI=1S/C21H34N2O4S/c1-6-17-8-10-18(11-9-17)19-16-23(20(24)27-21(3,4)5)13-12-22(19)14-15-28(25,26)7-2/h8-11,19H,6-7,12-16H2,1-5H3/t19-/m0/s1. The molecule has 1 fully saturated rings. The van der Waals surface area contributed by atoms with E-state index in [-0.39, 0.29) is 23.6 Å². The van der Waals surface area contributed by atoms with Crippen LogP contribution < -0.4 is 0 Å². The maximum absolute atomic E-state index is 12.6. The second kappa shape index (κ2) is 9.27. The van der Waals surface area contributed by atoms with Gasteiger partial charge in [-0.25, -0.2) is 13.2 Å². The molecule has 1 aliphatic rings. The average Bonchev–Trinajstić information content (AvgIpc) is 2.65. The van der Waals surface area contributed by atoms with Gasteiger partial charge in [0.25, 0.3) is 0 Å². The van der Waals surface area contributed by atoms with Gasteiger partial charge >= 0.3 is 6.09 Å². The van der Waals surface area contributed by atoms with Crippen LogP contribution in [-0.2, 0) is 21.0 Å². The van der Waals surface area contributed by atoms with Crippen LogP contribution in [0.25, 0.3) is 0 Å². The van der Waals surface area contributed by atoms with Gasteiger partial charge in [-0.1, -0.05) is 38.1 Å². The first-order chi connectivity index (χ1) is 13.0. The normalized spacial score (nSPS) is 18.9. The summed E-state index contributed by atoms with van der Waals surface area (Å²) in [6.45, 7) is 11.5. The molecule has 7 heteroatoms. The van der Waals surface area contributed by atoms with Crippen molar-refractivity contribution in [3.8, 4) is 0 Å². The molecular formula is C21H34N2O4S. The van der Waals surface area contributed by atoms with Gasteiger partial charge in [0.1, 0.15) is 5.60 Å². The number of benzene rings is 1. The number of nitrogens with zero attached hydrogens (tertiary/aromatic N) is 2.